The highest BCUT2D eigenvalue weighted by atomic mass is 19.1. The molecule has 5 heteroatoms. The van der Waals surface area contributed by atoms with Crippen LogP contribution in [0.2, 0.25) is 0 Å². The minimum Gasteiger partial charge on any atom is -0.458 e. The average molecular weight is 443 g/mol. The predicted octanol–water partition coefficient (Wildman–Crippen LogP) is 5.33. The van der Waals surface area contributed by atoms with Crippen LogP contribution in [-0.4, -0.2) is 30.3 Å². The van der Waals surface area contributed by atoms with Crippen LogP contribution in [0.15, 0.2) is 35.5 Å². The average Bonchev–Trinajstić information content (AvgIpc) is 3.02. The van der Waals surface area contributed by atoms with Gasteiger partial charge in [-0.3, -0.25) is 14.4 Å². The largest absolute Gasteiger partial charge is 0.458 e. The third-order valence-corrected chi connectivity index (χ3v) is 8.73. The number of ether oxygens (including phenoxy) is 1. The summed E-state index contributed by atoms with van der Waals surface area (Å²) in [7, 11) is 0. The highest BCUT2D eigenvalue weighted by Crippen LogP contribution is 2.65. The van der Waals surface area contributed by atoms with Crippen LogP contribution in [0.3, 0.4) is 0 Å². The van der Waals surface area contributed by atoms with Crippen molar-refractivity contribution in [3.05, 3.63) is 35.5 Å². The van der Waals surface area contributed by atoms with Crippen LogP contribution in [0, 0.1) is 34.5 Å². The van der Waals surface area contributed by atoms with Crippen LogP contribution >= 0.6 is 0 Å². The number of hydrogen-bond acceptors (Lipinski definition) is 4. The van der Waals surface area contributed by atoms with Gasteiger partial charge in [-0.05, 0) is 73.5 Å². The molecule has 4 nitrogen and oxygen atoms in total. The molecule has 0 bridgehead atoms. The number of ketones is 2. The molecule has 0 aliphatic heterocycles. The third-order valence-electron chi connectivity index (χ3n) is 8.73. The highest BCUT2D eigenvalue weighted by Gasteiger charge is 2.60. The van der Waals surface area contributed by atoms with Gasteiger partial charge in [0, 0.05) is 17.8 Å². The lowest BCUT2D eigenvalue weighted by molar-refractivity contribution is -0.150. The second kappa shape index (κ2) is 8.39. The minimum atomic E-state index is -1.15. The van der Waals surface area contributed by atoms with Crippen molar-refractivity contribution in [2.24, 2.45) is 34.5 Å². The fourth-order valence-electron chi connectivity index (χ4n) is 7.22. The van der Waals surface area contributed by atoms with Crippen molar-refractivity contribution < 1.29 is 23.5 Å². The van der Waals surface area contributed by atoms with Crippen molar-refractivity contribution in [1.82, 2.24) is 0 Å². The van der Waals surface area contributed by atoms with Crippen molar-refractivity contribution in [1.29, 1.82) is 0 Å². The molecule has 0 spiro atoms. The Kier molecular flexibility index (Phi) is 6.06. The maximum absolute atomic E-state index is 15.3. The van der Waals surface area contributed by atoms with Gasteiger partial charge < -0.3 is 4.74 Å². The van der Waals surface area contributed by atoms with E-state index in [-0.39, 0.29) is 53.2 Å². The van der Waals surface area contributed by atoms with E-state index in [0.29, 0.717) is 18.4 Å². The molecule has 0 aromatic heterocycles. The van der Waals surface area contributed by atoms with Gasteiger partial charge in [-0.15, -0.1) is 0 Å². The molecule has 0 N–H and O–H groups in total. The lowest BCUT2D eigenvalue weighted by atomic mass is 9.51. The SMILES string of the molecule is CCCCC(=O)OCC(=O)[C@H]1[C@H](C)C[C@H]2[C@@H]3C[C@H](F)C4=CC(=O)C=C[C@]4(C)C3=CC[C@@]21C. The molecule has 7 atom stereocenters. The van der Waals surface area contributed by atoms with Gasteiger partial charge in [0.15, 0.2) is 11.6 Å². The first-order valence-electron chi connectivity index (χ1n) is 12.1. The number of halogens is 1. The zero-order valence-electron chi connectivity index (χ0n) is 19.7. The Morgan fingerprint density at radius 3 is 2.69 bits per heavy atom. The molecule has 174 valence electrons. The summed E-state index contributed by atoms with van der Waals surface area (Å²) >= 11 is 0. The standard InChI is InChI=1S/C27H35FO4/c1-5-6-7-24(31)32-15-23(30)25-16(2)12-20-18-14-22(28)21-13-17(29)8-10-26(21,3)19(18)9-11-27(20,25)4/h8-10,13,16,18,20,22,25H,5-7,11-12,14-15H2,1-4H3/t16-,18-,20+,22+,25-,26-,27+/m1/s1. The number of hydrogen-bond donors (Lipinski definition) is 0. The first kappa shape index (κ1) is 23.1. The smallest absolute Gasteiger partial charge is 0.306 e. The Labute approximate surface area is 190 Å². The van der Waals surface area contributed by atoms with Gasteiger partial charge in [0.05, 0.1) is 0 Å². The second-order valence-electron chi connectivity index (χ2n) is 10.7. The van der Waals surface area contributed by atoms with E-state index in [2.05, 4.69) is 19.9 Å². The van der Waals surface area contributed by atoms with Gasteiger partial charge in [-0.2, -0.15) is 0 Å². The summed E-state index contributed by atoms with van der Waals surface area (Å²) in [5.41, 5.74) is 0.952. The number of rotatable bonds is 6. The van der Waals surface area contributed by atoms with E-state index in [0.717, 1.165) is 25.7 Å². The molecule has 2 saturated carbocycles. The first-order valence-corrected chi connectivity index (χ1v) is 12.1. The molecular formula is C27H35FO4. The van der Waals surface area contributed by atoms with Crippen LogP contribution in [0.5, 0.6) is 0 Å². The number of Topliss-reactive ketones (excluding diaryl/α,β-unsaturated/α-hetero) is 1. The summed E-state index contributed by atoms with van der Waals surface area (Å²) in [6.07, 6.45) is 9.97. The lowest BCUT2D eigenvalue weighted by Gasteiger charge is -2.53. The van der Waals surface area contributed by atoms with E-state index in [1.807, 2.05) is 19.9 Å². The van der Waals surface area contributed by atoms with Crippen molar-refractivity contribution in [3.63, 3.8) is 0 Å². The number of allylic oxidation sites excluding steroid dienone is 6. The van der Waals surface area contributed by atoms with E-state index in [4.69, 9.17) is 4.74 Å². The summed E-state index contributed by atoms with van der Waals surface area (Å²) in [6.45, 7) is 8.13. The number of carbonyl (C=O) groups excluding carboxylic acids is 3. The van der Waals surface area contributed by atoms with E-state index in [1.165, 1.54) is 11.6 Å². The normalized spacial score (nSPS) is 40.0. The Morgan fingerprint density at radius 1 is 1.22 bits per heavy atom. The van der Waals surface area contributed by atoms with Crippen molar-refractivity contribution in [2.75, 3.05) is 6.61 Å². The maximum atomic E-state index is 15.3. The van der Waals surface area contributed by atoms with Crippen molar-refractivity contribution in [2.45, 2.75) is 72.4 Å². The Morgan fingerprint density at radius 2 is 1.97 bits per heavy atom. The zero-order valence-corrected chi connectivity index (χ0v) is 19.7. The number of esters is 1. The molecule has 4 aliphatic rings. The van der Waals surface area contributed by atoms with E-state index in [1.54, 1.807) is 6.08 Å². The molecule has 0 aromatic carbocycles. The maximum Gasteiger partial charge on any atom is 0.306 e. The second-order valence-corrected chi connectivity index (χ2v) is 10.7. The molecular weight excluding hydrogens is 407 g/mol. The highest BCUT2D eigenvalue weighted by molar-refractivity contribution is 6.01. The van der Waals surface area contributed by atoms with Gasteiger partial charge in [-0.25, -0.2) is 4.39 Å². The van der Waals surface area contributed by atoms with Gasteiger partial charge in [-0.1, -0.05) is 44.9 Å². The molecule has 4 rings (SSSR count). The molecule has 0 heterocycles. The monoisotopic (exact) mass is 442 g/mol. The van der Waals surface area contributed by atoms with Crippen molar-refractivity contribution >= 4 is 17.5 Å². The Bertz CT molecular complexity index is 915. The fraction of sp³-hybridized carbons (Fsp3) is 0.667. The molecule has 2 fully saturated rings. The summed E-state index contributed by atoms with van der Waals surface area (Å²) in [5, 5.41) is 0. The molecule has 0 aromatic rings. The van der Waals surface area contributed by atoms with E-state index >= 15 is 4.39 Å². The first-order chi connectivity index (χ1) is 15.1. The van der Waals surface area contributed by atoms with Crippen LogP contribution in [0.1, 0.15) is 66.2 Å². The van der Waals surface area contributed by atoms with Crippen molar-refractivity contribution in [3.8, 4) is 0 Å². The molecule has 0 radical (unpaired) electrons. The summed E-state index contributed by atoms with van der Waals surface area (Å²) in [6, 6.07) is 0. The zero-order chi connectivity index (χ0) is 23.3. The predicted molar refractivity (Wildman–Crippen MR) is 120 cm³/mol. The van der Waals surface area contributed by atoms with Gasteiger partial charge in [0.1, 0.15) is 12.8 Å². The summed E-state index contributed by atoms with van der Waals surface area (Å²) in [5.74, 6) is -0.251. The number of fused-ring (bicyclic) bond motifs is 5. The minimum absolute atomic E-state index is 0.00763. The van der Waals surface area contributed by atoms with Crippen LogP contribution in [0.25, 0.3) is 0 Å². The molecule has 0 amide bonds. The van der Waals surface area contributed by atoms with Gasteiger partial charge in [0.25, 0.3) is 0 Å². The number of alkyl halides is 1. The van der Waals surface area contributed by atoms with Gasteiger partial charge in [0.2, 0.25) is 0 Å². The molecule has 0 saturated heterocycles. The third kappa shape index (κ3) is 3.62. The summed E-state index contributed by atoms with van der Waals surface area (Å²) in [4.78, 5) is 37.0. The van der Waals surface area contributed by atoms with Gasteiger partial charge >= 0.3 is 5.97 Å². The van der Waals surface area contributed by atoms with E-state index in [9.17, 15) is 14.4 Å². The molecule has 4 aliphatic carbocycles. The van der Waals surface area contributed by atoms with Crippen LogP contribution in [-0.2, 0) is 19.1 Å². The van der Waals surface area contributed by atoms with Crippen LogP contribution in [0.4, 0.5) is 4.39 Å². The summed E-state index contributed by atoms with van der Waals surface area (Å²) < 4.78 is 20.6. The van der Waals surface area contributed by atoms with Crippen LogP contribution < -0.4 is 0 Å². The van der Waals surface area contributed by atoms with E-state index < -0.39 is 11.6 Å². The molecule has 32 heavy (non-hydrogen) atoms. The number of carbonyl (C=O) groups is 3. The quantitative estimate of drug-likeness (QED) is 0.412. The molecule has 0 unspecified atom stereocenters. The lowest BCUT2D eigenvalue weighted by Crippen LogP contribution is -2.47. The Balaban J connectivity index is 1.58. The number of unbranched alkanes of at least 4 members (excludes halogenated alkanes) is 1. The topological polar surface area (TPSA) is 60.4 Å². The Hall–Kier alpha value is -2.04. The fourth-order valence-corrected chi connectivity index (χ4v) is 7.22.